The van der Waals surface area contributed by atoms with Crippen molar-refractivity contribution in [3.8, 4) is 0 Å². The number of rotatable bonds is 2. The minimum atomic E-state index is -0.685. The van der Waals surface area contributed by atoms with Gasteiger partial charge in [-0.2, -0.15) is 0 Å². The molecule has 0 N–H and O–H groups in total. The molecule has 86 valence electrons. The first-order chi connectivity index (χ1) is 7.21. The van der Waals surface area contributed by atoms with Gasteiger partial charge in [0.05, 0.1) is 7.11 Å². The molecule has 2 unspecified atom stereocenters. The Bertz CT molecular complexity index is 255. The van der Waals surface area contributed by atoms with Gasteiger partial charge in [0, 0.05) is 19.6 Å². The fourth-order valence-electron chi connectivity index (χ4n) is 2.67. The lowest BCUT2D eigenvalue weighted by Crippen LogP contribution is -2.35. The van der Waals surface area contributed by atoms with Crippen LogP contribution in [0.3, 0.4) is 0 Å². The predicted octanol–water partition coefficient (Wildman–Crippen LogP) is 1.28. The van der Waals surface area contributed by atoms with Crippen LogP contribution >= 0.6 is 0 Å². The first-order valence-corrected chi connectivity index (χ1v) is 5.57. The summed E-state index contributed by atoms with van der Waals surface area (Å²) in [6, 6.07) is 0. The van der Waals surface area contributed by atoms with E-state index in [0.29, 0.717) is 13.0 Å². The first-order valence-electron chi connectivity index (χ1n) is 5.57. The number of esters is 1. The monoisotopic (exact) mass is 214 g/mol. The molecule has 0 aliphatic carbocycles. The number of methoxy groups -OCH3 is 1. The van der Waals surface area contributed by atoms with Crippen LogP contribution in [0.4, 0.5) is 0 Å². The van der Waals surface area contributed by atoms with Crippen molar-refractivity contribution in [2.24, 2.45) is 0 Å². The molecule has 0 saturated carbocycles. The number of carbonyl (C=O) groups is 1. The number of hydrogen-bond donors (Lipinski definition) is 0. The molecule has 2 rings (SSSR count). The predicted molar refractivity (Wildman–Crippen MR) is 53.5 cm³/mol. The summed E-state index contributed by atoms with van der Waals surface area (Å²) < 4.78 is 16.0. The third-order valence-corrected chi connectivity index (χ3v) is 3.60. The summed E-state index contributed by atoms with van der Waals surface area (Å²) in [5.74, 6) is -0.230. The van der Waals surface area contributed by atoms with E-state index in [1.807, 2.05) is 6.92 Å². The molecule has 2 aliphatic rings. The van der Waals surface area contributed by atoms with Crippen LogP contribution in [0.15, 0.2) is 0 Å². The Labute approximate surface area is 89.9 Å². The van der Waals surface area contributed by atoms with Crippen molar-refractivity contribution in [1.29, 1.82) is 0 Å². The molecule has 2 heterocycles. The fraction of sp³-hybridized carbons (Fsp3) is 0.909. The Kier molecular flexibility index (Phi) is 2.73. The van der Waals surface area contributed by atoms with Gasteiger partial charge in [-0.05, 0) is 19.3 Å². The van der Waals surface area contributed by atoms with E-state index in [0.717, 1.165) is 25.9 Å². The third-order valence-electron chi connectivity index (χ3n) is 3.60. The number of carbonyl (C=O) groups excluding carboxylic acids is 1. The first kappa shape index (κ1) is 10.9. The minimum absolute atomic E-state index is 0.230. The molecule has 0 aromatic heterocycles. The van der Waals surface area contributed by atoms with Crippen molar-refractivity contribution in [1.82, 2.24) is 0 Å². The van der Waals surface area contributed by atoms with Gasteiger partial charge in [0.15, 0.2) is 5.60 Å². The van der Waals surface area contributed by atoms with Crippen LogP contribution in [-0.2, 0) is 19.0 Å². The Morgan fingerprint density at radius 2 is 2.20 bits per heavy atom. The third kappa shape index (κ3) is 1.47. The lowest BCUT2D eigenvalue weighted by Gasteiger charge is -2.14. The highest BCUT2D eigenvalue weighted by atomic mass is 16.7. The van der Waals surface area contributed by atoms with Crippen LogP contribution < -0.4 is 0 Å². The zero-order chi connectivity index (χ0) is 10.9. The second kappa shape index (κ2) is 3.76. The molecular formula is C11H18O4. The van der Waals surface area contributed by atoms with Crippen LogP contribution in [0.25, 0.3) is 0 Å². The molecule has 4 heteroatoms. The molecular weight excluding hydrogens is 196 g/mol. The normalized spacial score (nSPS) is 39.9. The van der Waals surface area contributed by atoms with Crippen molar-refractivity contribution >= 4 is 5.97 Å². The van der Waals surface area contributed by atoms with E-state index in [9.17, 15) is 4.79 Å². The van der Waals surface area contributed by atoms with Gasteiger partial charge in [-0.25, -0.2) is 4.79 Å². The van der Waals surface area contributed by atoms with E-state index >= 15 is 0 Å². The maximum atomic E-state index is 11.7. The molecule has 1 spiro atoms. The quantitative estimate of drug-likeness (QED) is 0.513. The molecule has 2 aliphatic heterocycles. The van der Waals surface area contributed by atoms with Crippen molar-refractivity contribution < 1.29 is 19.0 Å². The number of ether oxygens (including phenoxy) is 3. The molecule has 4 nitrogen and oxygen atoms in total. The Balaban J connectivity index is 2.14. The van der Waals surface area contributed by atoms with E-state index < -0.39 is 5.60 Å². The lowest BCUT2D eigenvalue weighted by molar-refractivity contribution is -0.147. The zero-order valence-corrected chi connectivity index (χ0v) is 9.38. The lowest BCUT2D eigenvalue weighted by atomic mass is 9.85. The van der Waals surface area contributed by atoms with Gasteiger partial charge in [0.1, 0.15) is 5.60 Å². The van der Waals surface area contributed by atoms with Gasteiger partial charge in [-0.1, -0.05) is 6.92 Å². The Hall–Kier alpha value is -0.610. The van der Waals surface area contributed by atoms with Crippen molar-refractivity contribution in [3.05, 3.63) is 0 Å². The molecule has 2 saturated heterocycles. The van der Waals surface area contributed by atoms with Gasteiger partial charge >= 0.3 is 5.97 Å². The minimum Gasteiger partial charge on any atom is -0.467 e. The SMILES string of the molecule is CCC1(C(=O)OC)OC12CCCOCC2. The van der Waals surface area contributed by atoms with E-state index in [1.165, 1.54) is 7.11 Å². The molecule has 2 atom stereocenters. The van der Waals surface area contributed by atoms with Crippen molar-refractivity contribution in [2.75, 3.05) is 20.3 Å². The van der Waals surface area contributed by atoms with Gasteiger partial charge in [0.2, 0.25) is 0 Å². The standard InChI is InChI=1S/C11H18O4/c1-3-11(9(12)13-2)10(15-11)5-4-7-14-8-6-10/h3-8H2,1-2H3. The molecule has 0 amide bonds. The second-order valence-electron chi connectivity index (χ2n) is 4.23. The van der Waals surface area contributed by atoms with Gasteiger partial charge in [-0.3, -0.25) is 0 Å². The molecule has 0 radical (unpaired) electrons. The smallest absolute Gasteiger partial charge is 0.341 e. The molecule has 0 aromatic carbocycles. The average Bonchev–Trinajstić information content (AvgIpc) is 2.98. The highest BCUT2D eigenvalue weighted by molar-refractivity contribution is 5.84. The molecule has 0 bridgehead atoms. The van der Waals surface area contributed by atoms with Crippen LogP contribution in [0.5, 0.6) is 0 Å². The summed E-state index contributed by atoms with van der Waals surface area (Å²) >= 11 is 0. The van der Waals surface area contributed by atoms with Crippen molar-refractivity contribution in [3.63, 3.8) is 0 Å². The molecule has 0 aromatic rings. The molecule has 15 heavy (non-hydrogen) atoms. The average molecular weight is 214 g/mol. The Morgan fingerprint density at radius 3 is 2.87 bits per heavy atom. The highest BCUT2D eigenvalue weighted by Gasteiger charge is 2.73. The van der Waals surface area contributed by atoms with Crippen molar-refractivity contribution in [2.45, 2.75) is 43.8 Å². The van der Waals surface area contributed by atoms with Gasteiger partial charge in [0.25, 0.3) is 0 Å². The van der Waals surface area contributed by atoms with Gasteiger partial charge in [-0.15, -0.1) is 0 Å². The van der Waals surface area contributed by atoms with Crippen LogP contribution in [0.1, 0.15) is 32.6 Å². The van der Waals surface area contributed by atoms with E-state index in [4.69, 9.17) is 14.2 Å². The highest BCUT2D eigenvalue weighted by Crippen LogP contribution is 2.56. The topological polar surface area (TPSA) is 48.1 Å². The van der Waals surface area contributed by atoms with E-state index in [1.54, 1.807) is 0 Å². The van der Waals surface area contributed by atoms with E-state index in [2.05, 4.69) is 0 Å². The second-order valence-corrected chi connectivity index (χ2v) is 4.23. The maximum absolute atomic E-state index is 11.7. The zero-order valence-electron chi connectivity index (χ0n) is 9.38. The summed E-state index contributed by atoms with van der Waals surface area (Å²) in [4.78, 5) is 11.7. The summed E-state index contributed by atoms with van der Waals surface area (Å²) in [5.41, 5.74) is -0.985. The summed E-state index contributed by atoms with van der Waals surface area (Å²) in [6.07, 6.45) is 3.34. The number of epoxide rings is 1. The fourth-order valence-corrected chi connectivity index (χ4v) is 2.67. The number of hydrogen-bond acceptors (Lipinski definition) is 4. The van der Waals surface area contributed by atoms with Crippen LogP contribution in [0.2, 0.25) is 0 Å². The summed E-state index contributed by atoms with van der Waals surface area (Å²) in [6.45, 7) is 3.42. The van der Waals surface area contributed by atoms with Crippen LogP contribution in [-0.4, -0.2) is 37.5 Å². The van der Waals surface area contributed by atoms with Crippen LogP contribution in [0, 0.1) is 0 Å². The Morgan fingerprint density at radius 1 is 1.40 bits per heavy atom. The summed E-state index contributed by atoms with van der Waals surface area (Å²) in [5, 5.41) is 0. The summed E-state index contributed by atoms with van der Waals surface area (Å²) in [7, 11) is 1.42. The van der Waals surface area contributed by atoms with E-state index in [-0.39, 0.29) is 11.6 Å². The molecule has 2 fully saturated rings. The van der Waals surface area contributed by atoms with Gasteiger partial charge < -0.3 is 14.2 Å². The maximum Gasteiger partial charge on any atom is 0.341 e. The largest absolute Gasteiger partial charge is 0.467 e.